The number of ether oxygens (including phenoxy) is 1. The molecule has 0 bridgehead atoms. The number of aryl methyl sites for hydroxylation is 2. The molecule has 0 aliphatic carbocycles. The smallest absolute Gasteiger partial charge is 0.220 e. The predicted molar refractivity (Wildman–Crippen MR) is 101 cm³/mol. The molecule has 0 fully saturated rings. The van der Waals surface area contributed by atoms with E-state index in [1.807, 2.05) is 30.3 Å². The molecule has 0 aliphatic heterocycles. The van der Waals surface area contributed by atoms with Crippen LogP contribution >= 0.6 is 0 Å². The molecular weight excluding hydrogens is 312 g/mol. The van der Waals surface area contributed by atoms with Crippen LogP contribution in [0.3, 0.4) is 0 Å². The predicted octanol–water partition coefficient (Wildman–Crippen LogP) is 3.86. The number of amides is 1. The van der Waals surface area contributed by atoms with Gasteiger partial charge < -0.3 is 15.0 Å². The number of hydrogen-bond acceptors (Lipinski definition) is 2. The molecule has 0 atom stereocenters. The van der Waals surface area contributed by atoms with Gasteiger partial charge in [-0.3, -0.25) is 4.79 Å². The fraction of sp³-hybridized carbons (Fsp3) is 0.286. The lowest BCUT2D eigenvalue weighted by Crippen LogP contribution is -2.25. The lowest BCUT2D eigenvalue weighted by molar-refractivity contribution is -0.121. The first-order chi connectivity index (χ1) is 12.3. The van der Waals surface area contributed by atoms with E-state index in [0.29, 0.717) is 19.4 Å². The highest BCUT2D eigenvalue weighted by Crippen LogP contribution is 2.19. The minimum absolute atomic E-state index is 0.0878. The summed E-state index contributed by atoms with van der Waals surface area (Å²) in [5, 5.41) is 4.28. The van der Waals surface area contributed by atoms with Crippen molar-refractivity contribution >= 4 is 16.8 Å². The summed E-state index contributed by atoms with van der Waals surface area (Å²) in [5.74, 6) is 0.930. The molecule has 2 aromatic carbocycles. The van der Waals surface area contributed by atoms with Gasteiger partial charge in [-0.1, -0.05) is 36.4 Å². The molecule has 25 heavy (non-hydrogen) atoms. The molecule has 3 aromatic rings. The van der Waals surface area contributed by atoms with Gasteiger partial charge in [-0.05, 0) is 42.5 Å². The number of aromatic amines is 1. The van der Waals surface area contributed by atoms with Crippen molar-refractivity contribution < 1.29 is 9.53 Å². The minimum Gasteiger partial charge on any atom is -0.496 e. The largest absolute Gasteiger partial charge is 0.496 e. The molecule has 0 spiro atoms. The van der Waals surface area contributed by atoms with Crippen LogP contribution in [-0.4, -0.2) is 24.5 Å². The van der Waals surface area contributed by atoms with Gasteiger partial charge >= 0.3 is 0 Å². The molecule has 130 valence electrons. The molecular formula is C21H24N2O2. The fourth-order valence-electron chi connectivity index (χ4n) is 3.09. The highest BCUT2D eigenvalue weighted by molar-refractivity contribution is 5.83. The molecule has 0 unspecified atom stereocenters. The summed E-state index contributed by atoms with van der Waals surface area (Å²) in [6.45, 7) is 0.699. The van der Waals surface area contributed by atoms with E-state index in [4.69, 9.17) is 4.74 Å². The van der Waals surface area contributed by atoms with Crippen molar-refractivity contribution in [1.29, 1.82) is 0 Å². The van der Waals surface area contributed by atoms with Crippen LogP contribution in [0.25, 0.3) is 10.9 Å². The Hall–Kier alpha value is -2.75. The van der Waals surface area contributed by atoms with Crippen molar-refractivity contribution in [3.63, 3.8) is 0 Å². The van der Waals surface area contributed by atoms with Gasteiger partial charge in [0, 0.05) is 30.1 Å². The van der Waals surface area contributed by atoms with Crippen LogP contribution in [0.5, 0.6) is 5.75 Å². The van der Waals surface area contributed by atoms with E-state index in [1.54, 1.807) is 7.11 Å². The van der Waals surface area contributed by atoms with Crippen LogP contribution in [0.1, 0.15) is 24.0 Å². The van der Waals surface area contributed by atoms with Crippen LogP contribution in [0.15, 0.2) is 54.7 Å². The first-order valence-electron chi connectivity index (χ1n) is 8.71. The number of para-hydroxylation sites is 2. The number of rotatable bonds is 8. The maximum atomic E-state index is 12.0. The van der Waals surface area contributed by atoms with Crippen LogP contribution < -0.4 is 10.1 Å². The third-order valence-electron chi connectivity index (χ3n) is 4.43. The third kappa shape index (κ3) is 4.41. The molecule has 0 saturated heterocycles. The number of nitrogens with one attached hydrogen (secondary N) is 2. The first kappa shape index (κ1) is 17.1. The Labute approximate surface area is 148 Å². The Morgan fingerprint density at radius 1 is 1.04 bits per heavy atom. The van der Waals surface area contributed by atoms with E-state index in [-0.39, 0.29) is 5.91 Å². The first-order valence-corrected chi connectivity index (χ1v) is 8.71. The number of aromatic nitrogens is 1. The van der Waals surface area contributed by atoms with Gasteiger partial charge in [-0.25, -0.2) is 0 Å². The number of carbonyl (C=O) groups is 1. The lowest BCUT2D eigenvalue weighted by atomic mass is 10.1. The average molecular weight is 336 g/mol. The van der Waals surface area contributed by atoms with E-state index in [1.165, 1.54) is 16.5 Å². The summed E-state index contributed by atoms with van der Waals surface area (Å²) in [4.78, 5) is 15.3. The van der Waals surface area contributed by atoms with Crippen molar-refractivity contribution in [3.8, 4) is 5.75 Å². The van der Waals surface area contributed by atoms with Crippen molar-refractivity contribution in [3.05, 3.63) is 65.9 Å². The maximum Gasteiger partial charge on any atom is 0.220 e. The van der Waals surface area contributed by atoms with Crippen molar-refractivity contribution in [1.82, 2.24) is 10.3 Å². The summed E-state index contributed by atoms with van der Waals surface area (Å²) in [5.41, 5.74) is 3.54. The molecule has 4 nitrogen and oxygen atoms in total. The zero-order valence-electron chi connectivity index (χ0n) is 14.5. The second-order valence-corrected chi connectivity index (χ2v) is 6.12. The number of benzene rings is 2. The van der Waals surface area contributed by atoms with Crippen LogP contribution in [0, 0.1) is 0 Å². The SMILES string of the molecule is COc1ccccc1CCC(=O)NCCCc1c[nH]c2ccccc12. The van der Waals surface area contributed by atoms with Crippen molar-refractivity contribution in [2.75, 3.05) is 13.7 Å². The molecule has 1 amide bonds. The molecule has 1 aromatic heterocycles. The minimum atomic E-state index is 0.0878. The molecule has 0 aliphatic rings. The van der Waals surface area contributed by atoms with Crippen molar-refractivity contribution in [2.45, 2.75) is 25.7 Å². The summed E-state index contributed by atoms with van der Waals surface area (Å²) in [6, 6.07) is 16.1. The van der Waals surface area contributed by atoms with Gasteiger partial charge in [-0.15, -0.1) is 0 Å². The van der Waals surface area contributed by atoms with Gasteiger partial charge in [0.2, 0.25) is 5.91 Å². The average Bonchev–Trinajstić information content (AvgIpc) is 3.07. The molecule has 4 heteroatoms. The lowest BCUT2D eigenvalue weighted by Gasteiger charge is -2.08. The number of fused-ring (bicyclic) bond motifs is 1. The number of methoxy groups -OCH3 is 1. The van der Waals surface area contributed by atoms with Gasteiger partial charge in [-0.2, -0.15) is 0 Å². The second-order valence-electron chi connectivity index (χ2n) is 6.12. The van der Waals surface area contributed by atoms with Gasteiger partial charge in [0.15, 0.2) is 0 Å². The van der Waals surface area contributed by atoms with Crippen LogP contribution in [0.2, 0.25) is 0 Å². The zero-order chi connectivity index (χ0) is 17.5. The normalized spacial score (nSPS) is 10.8. The van der Waals surface area contributed by atoms with E-state index in [9.17, 15) is 4.79 Å². The van der Waals surface area contributed by atoms with Gasteiger partial charge in [0.25, 0.3) is 0 Å². The van der Waals surface area contributed by atoms with Gasteiger partial charge in [0.1, 0.15) is 5.75 Å². The highest BCUT2D eigenvalue weighted by atomic mass is 16.5. The molecule has 3 rings (SSSR count). The third-order valence-corrected chi connectivity index (χ3v) is 4.43. The highest BCUT2D eigenvalue weighted by Gasteiger charge is 2.06. The van der Waals surface area contributed by atoms with Gasteiger partial charge in [0.05, 0.1) is 7.11 Å². The quantitative estimate of drug-likeness (QED) is 0.614. The monoisotopic (exact) mass is 336 g/mol. The molecule has 0 radical (unpaired) electrons. The summed E-state index contributed by atoms with van der Waals surface area (Å²) in [7, 11) is 1.66. The van der Waals surface area contributed by atoms with Crippen LogP contribution in [-0.2, 0) is 17.6 Å². The Morgan fingerprint density at radius 3 is 2.72 bits per heavy atom. The Bertz CT molecular complexity index is 839. The Kier molecular flexibility index (Phi) is 5.73. The maximum absolute atomic E-state index is 12.0. The standard InChI is InChI=1S/C21H24N2O2/c1-25-20-11-5-2-7-16(20)12-13-21(24)22-14-6-8-17-15-23-19-10-4-3-9-18(17)19/h2-5,7,9-11,15,23H,6,8,12-14H2,1H3,(H,22,24). The molecule has 2 N–H and O–H groups in total. The zero-order valence-corrected chi connectivity index (χ0v) is 14.5. The molecule has 1 heterocycles. The van der Waals surface area contributed by atoms with E-state index < -0.39 is 0 Å². The number of hydrogen-bond donors (Lipinski definition) is 2. The summed E-state index contributed by atoms with van der Waals surface area (Å²) >= 11 is 0. The van der Waals surface area contributed by atoms with E-state index in [0.717, 1.165) is 24.2 Å². The Morgan fingerprint density at radius 2 is 1.84 bits per heavy atom. The topological polar surface area (TPSA) is 54.1 Å². The molecule has 0 saturated carbocycles. The summed E-state index contributed by atoms with van der Waals surface area (Å²) < 4.78 is 5.32. The fourth-order valence-corrected chi connectivity index (χ4v) is 3.09. The second kappa shape index (κ2) is 8.38. The van der Waals surface area contributed by atoms with Crippen LogP contribution in [0.4, 0.5) is 0 Å². The Balaban J connectivity index is 1.41. The number of carbonyl (C=O) groups excluding carboxylic acids is 1. The van der Waals surface area contributed by atoms with Crippen molar-refractivity contribution in [2.24, 2.45) is 0 Å². The number of H-pyrrole nitrogens is 1. The van der Waals surface area contributed by atoms with E-state index in [2.05, 4.69) is 34.7 Å². The summed E-state index contributed by atoms with van der Waals surface area (Å²) in [6.07, 6.45) is 5.12. The van der Waals surface area contributed by atoms with E-state index >= 15 is 0 Å².